The molecule has 0 saturated carbocycles. The largest absolute Gasteiger partial charge is 0.480 e. The average Bonchev–Trinajstić information content (AvgIpc) is 2.67. The maximum absolute atomic E-state index is 12.4. The fourth-order valence-corrected chi connectivity index (χ4v) is 2.58. The van der Waals surface area contributed by atoms with Gasteiger partial charge in [0, 0.05) is 28.4 Å². The van der Waals surface area contributed by atoms with Gasteiger partial charge in [-0.3, -0.25) is 24.5 Å². The molecule has 2 amide bonds. The highest BCUT2D eigenvalue weighted by Gasteiger charge is 2.20. The van der Waals surface area contributed by atoms with E-state index in [1.165, 1.54) is 43.3 Å². The van der Waals surface area contributed by atoms with Gasteiger partial charge in [-0.2, -0.15) is 0 Å². The second-order valence-electron chi connectivity index (χ2n) is 6.75. The molecular weight excluding hydrogens is 378 g/mol. The van der Waals surface area contributed by atoms with E-state index in [1.807, 2.05) is 13.8 Å². The number of carboxylic acid groups (broad SMARTS) is 1. The molecule has 9 heteroatoms. The van der Waals surface area contributed by atoms with Crippen molar-refractivity contribution < 1.29 is 24.4 Å². The molecule has 2 aromatic rings. The van der Waals surface area contributed by atoms with Gasteiger partial charge < -0.3 is 15.7 Å². The number of rotatable bonds is 7. The third-order valence-corrected chi connectivity index (χ3v) is 4.23. The summed E-state index contributed by atoms with van der Waals surface area (Å²) in [6.45, 7) is 5.01. The molecule has 1 atom stereocenters. The van der Waals surface area contributed by atoms with Crippen LogP contribution in [-0.4, -0.2) is 33.9 Å². The molecule has 3 N–H and O–H groups in total. The molecule has 0 aliphatic carbocycles. The first-order valence-corrected chi connectivity index (χ1v) is 8.83. The molecule has 0 saturated heterocycles. The smallest absolute Gasteiger partial charge is 0.325 e. The second-order valence-corrected chi connectivity index (χ2v) is 6.75. The van der Waals surface area contributed by atoms with Crippen molar-refractivity contribution in [3.05, 3.63) is 69.3 Å². The maximum Gasteiger partial charge on any atom is 0.325 e. The molecule has 29 heavy (non-hydrogen) atoms. The molecule has 0 bridgehead atoms. The van der Waals surface area contributed by atoms with Crippen LogP contribution in [0.1, 0.15) is 53.0 Å². The number of nitrogens with zero attached hydrogens (tertiary/aromatic N) is 1. The van der Waals surface area contributed by atoms with Gasteiger partial charge in [0.1, 0.15) is 6.04 Å². The Hall–Kier alpha value is -3.75. The Balaban J connectivity index is 2.13. The van der Waals surface area contributed by atoms with Crippen LogP contribution >= 0.6 is 0 Å². The van der Waals surface area contributed by atoms with Gasteiger partial charge in [0.25, 0.3) is 17.5 Å². The normalized spacial score (nSPS) is 11.6. The predicted molar refractivity (Wildman–Crippen MR) is 106 cm³/mol. The minimum absolute atomic E-state index is 0.0601. The molecule has 0 aliphatic heterocycles. The molecule has 2 aromatic carbocycles. The molecule has 0 spiro atoms. The van der Waals surface area contributed by atoms with E-state index in [4.69, 9.17) is 5.11 Å². The number of amides is 2. The number of hydrogen-bond donors (Lipinski definition) is 3. The zero-order valence-corrected chi connectivity index (χ0v) is 16.1. The monoisotopic (exact) mass is 399 g/mol. The second kappa shape index (κ2) is 8.96. The Kier molecular flexibility index (Phi) is 6.66. The Bertz CT molecular complexity index is 953. The number of hydrogen-bond acceptors (Lipinski definition) is 5. The topological polar surface area (TPSA) is 139 Å². The van der Waals surface area contributed by atoms with E-state index in [9.17, 15) is 24.5 Å². The fraction of sp³-hybridized carbons (Fsp3) is 0.250. The van der Waals surface area contributed by atoms with Gasteiger partial charge in [0.15, 0.2) is 0 Å². The lowest BCUT2D eigenvalue weighted by molar-refractivity contribution is -0.385. The Labute approximate surface area is 166 Å². The Morgan fingerprint density at radius 2 is 1.55 bits per heavy atom. The van der Waals surface area contributed by atoms with Crippen molar-refractivity contribution in [1.29, 1.82) is 0 Å². The van der Waals surface area contributed by atoms with Crippen molar-refractivity contribution in [2.45, 2.75) is 32.7 Å². The van der Waals surface area contributed by atoms with Gasteiger partial charge in [-0.1, -0.05) is 19.9 Å². The van der Waals surface area contributed by atoms with Gasteiger partial charge in [-0.25, -0.2) is 0 Å². The molecule has 0 aliphatic rings. The van der Waals surface area contributed by atoms with Crippen LogP contribution in [0.3, 0.4) is 0 Å². The van der Waals surface area contributed by atoms with Gasteiger partial charge in [-0.15, -0.1) is 0 Å². The summed E-state index contributed by atoms with van der Waals surface area (Å²) >= 11 is 0. The summed E-state index contributed by atoms with van der Waals surface area (Å²) in [7, 11) is 0. The van der Waals surface area contributed by atoms with Crippen LogP contribution < -0.4 is 10.6 Å². The van der Waals surface area contributed by atoms with Crippen molar-refractivity contribution in [1.82, 2.24) is 5.32 Å². The van der Waals surface area contributed by atoms with Crippen LogP contribution in [0.25, 0.3) is 0 Å². The lowest BCUT2D eigenvalue weighted by atomic mass is 9.99. The minimum atomic E-state index is -1.15. The van der Waals surface area contributed by atoms with E-state index >= 15 is 0 Å². The summed E-state index contributed by atoms with van der Waals surface area (Å²) in [6.07, 6.45) is 0. The molecule has 2 rings (SSSR count). The van der Waals surface area contributed by atoms with Crippen molar-refractivity contribution in [3.8, 4) is 0 Å². The van der Waals surface area contributed by atoms with Crippen molar-refractivity contribution >= 4 is 29.2 Å². The van der Waals surface area contributed by atoms with Gasteiger partial charge >= 0.3 is 5.97 Å². The molecule has 0 heterocycles. The SMILES string of the molecule is CC(NC(=O)c1ccc(NC(=O)c2ccc(C(C)C)c([N+](=O)[O-])c2)cc1)C(=O)O. The number of nitro benzene ring substituents is 1. The first-order valence-electron chi connectivity index (χ1n) is 8.83. The number of aliphatic carboxylic acids is 1. The summed E-state index contributed by atoms with van der Waals surface area (Å²) in [5.41, 5.74) is 1.17. The van der Waals surface area contributed by atoms with Crippen LogP contribution in [0.2, 0.25) is 0 Å². The summed E-state index contributed by atoms with van der Waals surface area (Å²) < 4.78 is 0. The summed E-state index contributed by atoms with van der Waals surface area (Å²) in [5.74, 6) is -2.30. The number of carbonyl (C=O) groups excluding carboxylic acids is 2. The number of carbonyl (C=O) groups is 3. The number of nitro groups is 1. The van der Waals surface area contributed by atoms with E-state index < -0.39 is 28.7 Å². The number of nitrogens with one attached hydrogen (secondary N) is 2. The molecule has 0 aromatic heterocycles. The van der Waals surface area contributed by atoms with Gasteiger partial charge in [0.2, 0.25) is 0 Å². The minimum Gasteiger partial charge on any atom is -0.480 e. The number of carboxylic acids is 1. The van der Waals surface area contributed by atoms with Crippen molar-refractivity contribution in [2.24, 2.45) is 0 Å². The molecular formula is C20H21N3O6. The average molecular weight is 399 g/mol. The Morgan fingerprint density at radius 3 is 2.07 bits per heavy atom. The maximum atomic E-state index is 12.4. The fourth-order valence-electron chi connectivity index (χ4n) is 2.58. The van der Waals surface area contributed by atoms with E-state index in [1.54, 1.807) is 6.07 Å². The van der Waals surface area contributed by atoms with Gasteiger partial charge in [-0.05, 0) is 43.2 Å². The zero-order chi connectivity index (χ0) is 21.7. The molecule has 9 nitrogen and oxygen atoms in total. The quantitative estimate of drug-likeness (QED) is 0.483. The van der Waals surface area contributed by atoms with Crippen LogP contribution in [-0.2, 0) is 4.79 Å². The van der Waals surface area contributed by atoms with Crippen LogP contribution in [0.15, 0.2) is 42.5 Å². The third kappa shape index (κ3) is 5.38. The molecule has 0 radical (unpaired) electrons. The van der Waals surface area contributed by atoms with Crippen molar-refractivity contribution in [2.75, 3.05) is 5.32 Å². The Morgan fingerprint density at radius 1 is 0.966 bits per heavy atom. The lowest BCUT2D eigenvalue weighted by Gasteiger charge is -2.11. The van der Waals surface area contributed by atoms with E-state index in [0.29, 0.717) is 11.3 Å². The highest BCUT2D eigenvalue weighted by atomic mass is 16.6. The van der Waals surface area contributed by atoms with Crippen LogP contribution in [0.4, 0.5) is 11.4 Å². The standard InChI is InChI=1S/C20H21N3O6/c1-11(2)16-9-6-14(10-17(16)23(28)29)19(25)22-15-7-4-13(5-8-15)18(24)21-12(3)20(26)27/h4-12H,1-3H3,(H,21,24)(H,22,25)(H,26,27). The third-order valence-electron chi connectivity index (χ3n) is 4.23. The molecule has 1 unspecified atom stereocenters. The molecule has 0 fully saturated rings. The van der Waals surface area contributed by atoms with Crippen LogP contribution in [0.5, 0.6) is 0 Å². The van der Waals surface area contributed by atoms with Crippen molar-refractivity contribution in [3.63, 3.8) is 0 Å². The summed E-state index contributed by atoms with van der Waals surface area (Å²) in [4.78, 5) is 46.0. The highest BCUT2D eigenvalue weighted by Crippen LogP contribution is 2.27. The predicted octanol–water partition coefficient (Wildman–Crippen LogP) is 3.17. The number of benzene rings is 2. The van der Waals surface area contributed by atoms with E-state index in [0.717, 1.165) is 0 Å². The van der Waals surface area contributed by atoms with Gasteiger partial charge in [0.05, 0.1) is 4.92 Å². The van der Waals surface area contributed by atoms with E-state index in [2.05, 4.69) is 10.6 Å². The van der Waals surface area contributed by atoms with E-state index in [-0.39, 0.29) is 22.7 Å². The number of anilines is 1. The lowest BCUT2D eigenvalue weighted by Crippen LogP contribution is -2.38. The first kappa shape index (κ1) is 21.5. The zero-order valence-electron chi connectivity index (χ0n) is 16.1. The molecule has 152 valence electrons. The highest BCUT2D eigenvalue weighted by molar-refractivity contribution is 6.05. The van der Waals surface area contributed by atoms with Crippen LogP contribution in [0, 0.1) is 10.1 Å². The summed E-state index contributed by atoms with van der Waals surface area (Å²) in [5, 5.41) is 25.0. The first-order chi connectivity index (χ1) is 13.6. The summed E-state index contributed by atoms with van der Waals surface area (Å²) in [6, 6.07) is 9.12.